The summed E-state index contributed by atoms with van der Waals surface area (Å²) in [5, 5.41) is 8.01. The Morgan fingerprint density at radius 1 is 0.520 bits per heavy atom. The molecule has 6 heteroatoms. The topological polar surface area (TPSA) is 53.0 Å². The van der Waals surface area contributed by atoms with Crippen LogP contribution in [0.3, 0.4) is 0 Å². The number of benzene rings is 6. The monoisotopic (exact) mass is 669 g/mol. The van der Waals surface area contributed by atoms with Gasteiger partial charge in [0.05, 0.1) is 0 Å². The van der Waals surface area contributed by atoms with Crippen LogP contribution in [0.5, 0.6) is 0 Å². The van der Waals surface area contributed by atoms with Crippen LogP contribution in [-0.2, 0) is 15.1 Å². The van der Waals surface area contributed by atoms with Crippen LogP contribution >= 0.6 is 6.90 Å². The van der Waals surface area contributed by atoms with Crippen molar-refractivity contribution in [2.24, 2.45) is 5.10 Å². The van der Waals surface area contributed by atoms with Crippen molar-refractivity contribution in [3.63, 3.8) is 0 Å². The van der Waals surface area contributed by atoms with Crippen molar-refractivity contribution in [1.29, 1.82) is 0 Å². The average Bonchev–Trinajstić information content (AvgIpc) is 3.64. The second-order valence-corrected chi connectivity index (χ2v) is 17.0. The molecule has 0 saturated heterocycles. The minimum absolute atomic E-state index is 0.173. The third kappa shape index (κ3) is 3.95. The van der Waals surface area contributed by atoms with E-state index in [0.717, 1.165) is 33.0 Å². The third-order valence-corrected chi connectivity index (χ3v) is 16.3. The number of Topliss-reactive ketones (excluding diaryl/α,β-unsaturated/α-hetero) is 2. The van der Waals surface area contributed by atoms with Crippen LogP contribution in [-0.4, -0.2) is 22.1 Å². The van der Waals surface area contributed by atoms with Crippen LogP contribution in [0.2, 0.25) is 0 Å². The molecule has 0 fully saturated rings. The van der Waals surface area contributed by atoms with Gasteiger partial charge in [-0.25, -0.2) is 0 Å². The maximum absolute atomic E-state index is 15.1. The van der Waals surface area contributed by atoms with Gasteiger partial charge in [-0.1, -0.05) is 0 Å². The van der Waals surface area contributed by atoms with Crippen LogP contribution in [0.25, 0.3) is 0 Å². The molecule has 8 rings (SSSR count). The summed E-state index contributed by atoms with van der Waals surface area (Å²) in [5.74, 6) is 0.320. The van der Waals surface area contributed by atoms with Crippen molar-refractivity contribution >= 4 is 40.6 Å². The van der Waals surface area contributed by atoms with Crippen LogP contribution in [0, 0.1) is 0 Å². The molecule has 0 aromatic heterocycles. The zero-order chi connectivity index (χ0) is 34.4. The van der Waals surface area contributed by atoms with E-state index in [-0.39, 0.29) is 11.6 Å². The summed E-state index contributed by atoms with van der Waals surface area (Å²) in [5.41, 5.74) is 2.59. The Bertz CT molecular complexity index is 2200. The molecule has 50 heavy (non-hydrogen) atoms. The fourth-order valence-electron chi connectivity index (χ4n) is 8.47. The van der Waals surface area contributed by atoms with Crippen molar-refractivity contribution < 1.29 is 9.59 Å². The molecule has 2 aliphatic rings. The number of para-hydroxylation sites is 1. The molecule has 0 amide bonds. The van der Waals surface area contributed by atoms with E-state index in [2.05, 4.69) is 70.1 Å². The van der Waals surface area contributed by atoms with Crippen molar-refractivity contribution in [1.82, 2.24) is 4.67 Å². The molecule has 0 unspecified atom stereocenters. The summed E-state index contributed by atoms with van der Waals surface area (Å²) in [4.78, 5) is 30.1. The number of ketones is 2. The molecule has 6 aromatic rings. The SMILES string of the molecule is CC(=O)C1=C(C(C)=O)P2(c3ccccc3)(c3ccccc3)N(c3ccccc3)N=C(c3ccccc3)N2C1(c1ccccc1)c1ccccc1. The number of anilines is 1. The minimum atomic E-state index is -4.63. The number of rotatable bonds is 8. The van der Waals surface area contributed by atoms with Gasteiger partial charge < -0.3 is 0 Å². The van der Waals surface area contributed by atoms with Crippen molar-refractivity contribution in [3.05, 3.63) is 210 Å². The van der Waals surface area contributed by atoms with Gasteiger partial charge in [-0.15, -0.1) is 0 Å². The Balaban J connectivity index is 1.75. The van der Waals surface area contributed by atoms with E-state index in [1.54, 1.807) is 13.8 Å². The van der Waals surface area contributed by atoms with E-state index in [1.165, 1.54) is 0 Å². The molecule has 244 valence electrons. The van der Waals surface area contributed by atoms with Crippen LogP contribution in [0.1, 0.15) is 30.5 Å². The van der Waals surface area contributed by atoms with Crippen molar-refractivity contribution in [2.75, 3.05) is 4.78 Å². The normalized spacial score (nSPS) is 17.7. The summed E-state index contributed by atoms with van der Waals surface area (Å²) in [6.07, 6.45) is 0. The first-order valence-electron chi connectivity index (χ1n) is 16.8. The fraction of sp³-hybridized carbons (Fsp3) is 0.0682. The number of hydrogen-bond acceptors (Lipinski definition) is 5. The number of amidine groups is 1. The van der Waals surface area contributed by atoms with E-state index >= 15 is 4.79 Å². The zero-order valence-corrected chi connectivity index (χ0v) is 28.8. The molecule has 0 saturated carbocycles. The summed E-state index contributed by atoms with van der Waals surface area (Å²) in [6, 6.07) is 61.1. The molecular weight excluding hydrogens is 633 g/mol. The van der Waals surface area contributed by atoms with Crippen LogP contribution in [0.15, 0.2) is 198 Å². The molecule has 0 bridgehead atoms. The second-order valence-electron chi connectivity index (χ2n) is 12.7. The number of carbonyl (C=O) groups is 2. The quantitative estimate of drug-likeness (QED) is 0.152. The van der Waals surface area contributed by atoms with E-state index < -0.39 is 12.4 Å². The van der Waals surface area contributed by atoms with E-state index in [1.807, 2.05) is 121 Å². The van der Waals surface area contributed by atoms with Crippen LogP contribution < -0.4 is 15.4 Å². The van der Waals surface area contributed by atoms with Gasteiger partial charge in [-0.3, -0.25) is 0 Å². The molecule has 2 heterocycles. The standard InChI is InChI=1S/C44H36N3O2P/c1-33(48)41-42(34(2)49)50(39-29-17-7-18-30-39,40-31-19-8-20-32-40)46(44(41,36-23-11-4-12-24-36)37-25-13-5-14-26-37)43(35-21-9-3-10-22-35)45-47(50)38-27-15-6-16-28-38/h3-32H,1-2H3. The predicted octanol–water partition coefficient (Wildman–Crippen LogP) is 8.59. The van der Waals surface area contributed by atoms with E-state index in [0.29, 0.717) is 16.7 Å². The number of nitrogens with zero attached hydrogens (tertiary/aromatic N) is 3. The molecule has 0 radical (unpaired) electrons. The van der Waals surface area contributed by atoms with Gasteiger partial charge in [-0.2, -0.15) is 0 Å². The Labute approximate surface area is 292 Å². The number of fused-ring (bicyclic) bond motifs is 1. The van der Waals surface area contributed by atoms with Gasteiger partial charge in [0.25, 0.3) is 0 Å². The summed E-state index contributed by atoms with van der Waals surface area (Å²) >= 11 is 0. The first-order chi connectivity index (χ1) is 24.5. The average molecular weight is 670 g/mol. The first kappa shape index (κ1) is 31.4. The van der Waals surface area contributed by atoms with Gasteiger partial charge in [0.1, 0.15) is 0 Å². The molecular formula is C44H36N3O2P. The second kappa shape index (κ2) is 11.9. The molecule has 2 aliphatic heterocycles. The molecule has 0 aliphatic carbocycles. The van der Waals surface area contributed by atoms with Gasteiger partial charge in [-0.05, 0) is 0 Å². The molecule has 5 nitrogen and oxygen atoms in total. The summed E-state index contributed by atoms with van der Waals surface area (Å²) in [7, 11) is 0. The zero-order valence-electron chi connectivity index (χ0n) is 27.9. The van der Waals surface area contributed by atoms with Gasteiger partial charge in [0, 0.05) is 0 Å². The number of hydrogen-bond donors (Lipinski definition) is 0. The van der Waals surface area contributed by atoms with Gasteiger partial charge in [0.2, 0.25) is 0 Å². The Kier molecular flexibility index (Phi) is 7.47. The van der Waals surface area contributed by atoms with Gasteiger partial charge in [0.15, 0.2) is 0 Å². The predicted molar refractivity (Wildman–Crippen MR) is 205 cm³/mol. The molecule has 0 N–H and O–H groups in total. The third-order valence-electron chi connectivity index (χ3n) is 10.1. The molecule has 0 atom stereocenters. The van der Waals surface area contributed by atoms with E-state index in [9.17, 15) is 4.79 Å². The number of hydrazone groups is 1. The Hall–Kier alpha value is -5.90. The summed E-state index contributed by atoms with van der Waals surface area (Å²) in [6.45, 7) is -1.40. The Morgan fingerprint density at radius 2 is 0.920 bits per heavy atom. The summed E-state index contributed by atoms with van der Waals surface area (Å²) < 4.78 is 4.55. The molecule has 0 spiro atoms. The fourth-order valence-corrected chi connectivity index (χ4v) is 15.8. The maximum atomic E-state index is 15.1. The first-order valence-corrected chi connectivity index (χ1v) is 18.9. The number of allylic oxidation sites excluding steroid dienone is 1. The number of carbonyl (C=O) groups excluding carboxylic acids is 2. The molecule has 6 aromatic carbocycles. The van der Waals surface area contributed by atoms with E-state index in [4.69, 9.17) is 5.10 Å². The van der Waals surface area contributed by atoms with Crippen molar-refractivity contribution in [2.45, 2.75) is 19.4 Å². The Morgan fingerprint density at radius 3 is 1.34 bits per heavy atom. The van der Waals surface area contributed by atoms with Crippen LogP contribution in [0.4, 0.5) is 5.69 Å². The van der Waals surface area contributed by atoms with Gasteiger partial charge >= 0.3 is 294 Å². The van der Waals surface area contributed by atoms with Crippen molar-refractivity contribution in [3.8, 4) is 0 Å².